The lowest BCUT2D eigenvalue weighted by molar-refractivity contribution is 0.0283. The zero-order valence-electron chi connectivity index (χ0n) is 27.4. The third-order valence-corrected chi connectivity index (χ3v) is 10.6. The first kappa shape index (κ1) is 36.1. The molecule has 2 atom stereocenters. The molecule has 16 heteroatoms. The van der Waals surface area contributed by atoms with Crippen molar-refractivity contribution in [2.75, 3.05) is 38.2 Å². The SMILES string of the molecule is COc1ccc(CN(c2ncns2)S(=O)(=O)c2cc(F)c(OC[C@H]3CN(C(=O)OC(C)(C)C)C[C@@H]3c3ccc(Cl)cc3)cc2F)c(OC)c1. The van der Waals surface area contributed by atoms with Crippen LogP contribution >= 0.6 is 23.1 Å². The number of rotatable bonds is 11. The number of hydrogen-bond acceptors (Lipinski definition) is 10. The summed E-state index contributed by atoms with van der Waals surface area (Å²) in [7, 11) is -1.84. The highest BCUT2D eigenvalue weighted by Gasteiger charge is 2.39. The molecule has 4 aromatic rings. The molecule has 1 aliphatic rings. The molecule has 0 unspecified atom stereocenters. The van der Waals surface area contributed by atoms with Crippen LogP contribution < -0.4 is 18.5 Å². The summed E-state index contributed by atoms with van der Waals surface area (Å²) in [6, 6.07) is 13.2. The molecule has 0 bridgehead atoms. The molecule has 5 rings (SSSR count). The van der Waals surface area contributed by atoms with E-state index in [1.807, 2.05) is 12.1 Å². The fourth-order valence-electron chi connectivity index (χ4n) is 5.41. The molecule has 0 aliphatic carbocycles. The largest absolute Gasteiger partial charge is 0.497 e. The average Bonchev–Trinajstić information content (AvgIpc) is 3.74. The summed E-state index contributed by atoms with van der Waals surface area (Å²) in [5.74, 6) is -2.59. The lowest BCUT2D eigenvalue weighted by atomic mass is 9.89. The van der Waals surface area contributed by atoms with Gasteiger partial charge in [0.15, 0.2) is 11.6 Å². The van der Waals surface area contributed by atoms with Crippen LogP contribution in [0, 0.1) is 17.6 Å². The van der Waals surface area contributed by atoms with Gasteiger partial charge >= 0.3 is 6.09 Å². The van der Waals surface area contributed by atoms with Gasteiger partial charge in [0, 0.05) is 65.2 Å². The van der Waals surface area contributed by atoms with Crippen molar-refractivity contribution in [2.24, 2.45) is 5.92 Å². The van der Waals surface area contributed by atoms with Gasteiger partial charge in [-0.3, -0.25) is 0 Å². The van der Waals surface area contributed by atoms with Gasteiger partial charge in [0.05, 0.1) is 27.4 Å². The fraction of sp³-hybridized carbons (Fsp3) is 0.364. The number of anilines is 1. The molecule has 1 amide bonds. The van der Waals surface area contributed by atoms with Gasteiger partial charge in [0.25, 0.3) is 10.0 Å². The number of carbonyl (C=O) groups is 1. The van der Waals surface area contributed by atoms with E-state index in [-0.39, 0.29) is 36.7 Å². The van der Waals surface area contributed by atoms with Crippen LogP contribution in [0.5, 0.6) is 17.2 Å². The number of methoxy groups -OCH3 is 2. The third-order valence-electron chi connectivity index (χ3n) is 7.77. The fourth-order valence-corrected chi connectivity index (χ4v) is 7.72. The van der Waals surface area contributed by atoms with Crippen molar-refractivity contribution in [1.29, 1.82) is 0 Å². The van der Waals surface area contributed by atoms with Crippen molar-refractivity contribution in [3.63, 3.8) is 0 Å². The number of aromatic nitrogens is 2. The molecule has 3 aromatic carbocycles. The molecule has 1 fully saturated rings. The van der Waals surface area contributed by atoms with Crippen LogP contribution in [0.2, 0.25) is 5.02 Å². The second kappa shape index (κ2) is 14.7. The first-order valence-electron chi connectivity index (χ1n) is 15.1. The molecule has 0 spiro atoms. The number of benzene rings is 3. The summed E-state index contributed by atoms with van der Waals surface area (Å²) in [4.78, 5) is 17.6. The Hall–Kier alpha value is -4.21. The quantitative estimate of drug-likeness (QED) is 0.162. The number of ether oxygens (including phenoxy) is 4. The van der Waals surface area contributed by atoms with Gasteiger partial charge < -0.3 is 23.8 Å². The lowest BCUT2D eigenvalue weighted by Gasteiger charge is -2.24. The Kier molecular flexibility index (Phi) is 10.8. The Bertz CT molecular complexity index is 1890. The molecule has 0 radical (unpaired) electrons. The molecule has 49 heavy (non-hydrogen) atoms. The summed E-state index contributed by atoms with van der Waals surface area (Å²) in [5.41, 5.74) is 0.578. The highest BCUT2D eigenvalue weighted by atomic mass is 35.5. The van der Waals surface area contributed by atoms with Gasteiger partial charge in [0.1, 0.15) is 34.1 Å². The summed E-state index contributed by atoms with van der Waals surface area (Å²) in [6.07, 6.45) is 0.652. The predicted molar refractivity (Wildman–Crippen MR) is 180 cm³/mol. The number of halogens is 3. The van der Waals surface area contributed by atoms with Crippen LogP contribution in [0.25, 0.3) is 0 Å². The number of amides is 1. The second-order valence-corrected chi connectivity index (χ2v) is 15.3. The second-order valence-electron chi connectivity index (χ2n) is 12.2. The molecular formula is C33H35ClF2N4O7S2. The Morgan fingerprint density at radius 1 is 1.02 bits per heavy atom. The number of carbonyl (C=O) groups excluding carboxylic acids is 1. The summed E-state index contributed by atoms with van der Waals surface area (Å²) >= 11 is 6.86. The van der Waals surface area contributed by atoms with E-state index in [1.54, 1.807) is 56.0 Å². The topological polar surface area (TPSA) is 120 Å². The standard InChI is InChI=1S/C33H35ClF2N4O7S2/c1-33(2,3)47-32(41)39-15-22(25(17-39)20-6-9-23(34)10-7-20)18-46-29-13-27(36)30(14-26(29)35)49(42,43)40(31-37-19-38-48-31)16-21-8-11-24(44-4)12-28(21)45-5/h6-14,19,22,25H,15-18H2,1-5H3/t22-,25-/m1/s1. The smallest absolute Gasteiger partial charge is 0.410 e. The normalized spacial score (nSPS) is 16.4. The molecule has 1 aromatic heterocycles. The van der Waals surface area contributed by atoms with E-state index >= 15 is 8.78 Å². The third kappa shape index (κ3) is 8.33. The van der Waals surface area contributed by atoms with Crippen molar-refractivity contribution in [3.05, 3.63) is 88.7 Å². The lowest BCUT2D eigenvalue weighted by Crippen LogP contribution is -2.35. The van der Waals surface area contributed by atoms with Crippen LogP contribution in [0.1, 0.15) is 37.8 Å². The van der Waals surface area contributed by atoms with Crippen molar-refractivity contribution in [1.82, 2.24) is 14.3 Å². The highest BCUT2D eigenvalue weighted by molar-refractivity contribution is 7.93. The average molecular weight is 737 g/mol. The molecule has 1 aliphatic heterocycles. The minimum Gasteiger partial charge on any atom is -0.497 e. The summed E-state index contributed by atoms with van der Waals surface area (Å²) in [5, 5.41) is 0.473. The van der Waals surface area contributed by atoms with E-state index < -0.39 is 44.0 Å². The zero-order valence-corrected chi connectivity index (χ0v) is 29.7. The summed E-state index contributed by atoms with van der Waals surface area (Å²) in [6.45, 7) is 5.39. The molecule has 0 N–H and O–H groups in total. The van der Waals surface area contributed by atoms with Crippen molar-refractivity contribution < 1.29 is 40.9 Å². The van der Waals surface area contributed by atoms with Crippen molar-refractivity contribution >= 4 is 44.4 Å². The van der Waals surface area contributed by atoms with E-state index in [4.69, 9.17) is 30.5 Å². The van der Waals surface area contributed by atoms with E-state index in [0.717, 1.165) is 27.7 Å². The van der Waals surface area contributed by atoms with Gasteiger partial charge in [-0.05, 0) is 50.6 Å². The van der Waals surface area contributed by atoms with Gasteiger partial charge in [-0.15, -0.1) is 0 Å². The molecular weight excluding hydrogens is 702 g/mol. The molecule has 262 valence electrons. The van der Waals surface area contributed by atoms with E-state index in [2.05, 4.69) is 9.36 Å². The number of nitrogens with zero attached hydrogens (tertiary/aromatic N) is 4. The Morgan fingerprint density at radius 2 is 1.76 bits per heavy atom. The summed E-state index contributed by atoms with van der Waals surface area (Å²) < 4.78 is 85.8. The maximum Gasteiger partial charge on any atom is 0.410 e. The first-order valence-corrected chi connectivity index (χ1v) is 17.6. The van der Waals surface area contributed by atoms with Crippen LogP contribution in [0.3, 0.4) is 0 Å². The van der Waals surface area contributed by atoms with Gasteiger partial charge in [-0.1, -0.05) is 23.7 Å². The minimum atomic E-state index is -4.73. The Morgan fingerprint density at radius 3 is 2.39 bits per heavy atom. The maximum absolute atomic E-state index is 15.7. The predicted octanol–water partition coefficient (Wildman–Crippen LogP) is 6.91. The van der Waals surface area contributed by atoms with Crippen LogP contribution in [-0.2, 0) is 21.3 Å². The Balaban J connectivity index is 1.40. The molecule has 0 saturated carbocycles. The maximum atomic E-state index is 15.7. The minimum absolute atomic E-state index is 0.0676. The first-order chi connectivity index (χ1) is 23.2. The van der Waals surface area contributed by atoms with Crippen LogP contribution in [0.4, 0.5) is 18.7 Å². The van der Waals surface area contributed by atoms with Crippen LogP contribution in [-0.4, -0.2) is 68.3 Å². The van der Waals surface area contributed by atoms with Crippen molar-refractivity contribution in [2.45, 2.75) is 43.7 Å². The molecule has 2 heterocycles. The van der Waals surface area contributed by atoms with Gasteiger partial charge in [-0.25, -0.2) is 31.3 Å². The number of likely N-dealkylation sites (tertiary alicyclic amines) is 1. The monoisotopic (exact) mass is 736 g/mol. The molecule has 11 nitrogen and oxygen atoms in total. The number of hydrogen-bond donors (Lipinski definition) is 0. The molecule has 1 saturated heterocycles. The van der Waals surface area contributed by atoms with E-state index in [1.165, 1.54) is 14.2 Å². The Labute approximate surface area is 292 Å². The zero-order chi connectivity index (χ0) is 35.5. The highest BCUT2D eigenvalue weighted by Crippen LogP contribution is 2.37. The van der Waals surface area contributed by atoms with E-state index in [9.17, 15) is 13.2 Å². The number of sulfonamides is 1. The van der Waals surface area contributed by atoms with Crippen LogP contribution in [0.15, 0.2) is 65.8 Å². The van der Waals surface area contributed by atoms with E-state index in [0.29, 0.717) is 40.8 Å². The van der Waals surface area contributed by atoms with Gasteiger partial charge in [0.2, 0.25) is 5.13 Å². The van der Waals surface area contributed by atoms with Gasteiger partial charge in [-0.2, -0.15) is 4.37 Å². The van der Waals surface area contributed by atoms with Crippen molar-refractivity contribution in [3.8, 4) is 17.2 Å².